The second kappa shape index (κ2) is 6.16. The van der Waals surface area contributed by atoms with Crippen LogP contribution in [0.3, 0.4) is 0 Å². The number of anilines is 1. The first-order chi connectivity index (χ1) is 9.56. The Morgan fingerprint density at radius 2 is 2.05 bits per heavy atom. The summed E-state index contributed by atoms with van der Waals surface area (Å²) < 4.78 is 1.20. The summed E-state index contributed by atoms with van der Waals surface area (Å²) in [4.78, 5) is 24.9. The average Bonchev–Trinajstić information content (AvgIpc) is 2.43. The summed E-state index contributed by atoms with van der Waals surface area (Å²) in [7, 11) is 0. The molecule has 0 bridgehead atoms. The minimum absolute atomic E-state index is 0.212. The fourth-order valence-electron chi connectivity index (χ4n) is 1.59. The van der Waals surface area contributed by atoms with Crippen LogP contribution in [0, 0.1) is 10.1 Å². The van der Waals surface area contributed by atoms with Gasteiger partial charge in [0.1, 0.15) is 6.20 Å². The summed E-state index contributed by atoms with van der Waals surface area (Å²) in [5, 5.41) is 14.3. The molecule has 0 fully saturated rings. The average molecular weight is 295 g/mol. The van der Waals surface area contributed by atoms with Crippen LogP contribution in [0.1, 0.15) is 0 Å². The van der Waals surface area contributed by atoms with E-state index in [1.54, 1.807) is 24.3 Å². The summed E-state index contributed by atoms with van der Waals surface area (Å²) in [5.41, 5.74) is 0.116. The van der Waals surface area contributed by atoms with E-state index >= 15 is 0 Å². The lowest BCUT2D eigenvalue weighted by molar-refractivity contribution is -0.385. The van der Waals surface area contributed by atoms with Crippen LogP contribution in [0.4, 0.5) is 11.4 Å². The molecule has 1 heterocycles. The quantitative estimate of drug-likeness (QED) is 0.672. The molecular formula is C12H11ClN4O3. The van der Waals surface area contributed by atoms with Crippen LogP contribution >= 0.6 is 11.6 Å². The Kier molecular flexibility index (Phi) is 4.31. The van der Waals surface area contributed by atoms with Crippen LogP contribution in [0.25, 0.3) is 0 Å². The SMILES string of the molecule is O=c1ncc([N+](=O)[O-])cn1CCNc1ccc(Cl)cc1. The zero-order valence-electron chi connectivity index (χ0n) is 10.3. The lowest BCUT2D eigenvalue weighted by Crippen LogP contribution is -2.25. The summed E-state index contributed by atoms with van der Waals surface area (Å²) >= 11 is 5.76. The van der Waals surface area contributed by atoms with E-state index in [1.807, 2.05) is 0 Å². The first-order valence-electron chi connectivity index (χ1n) is 5.76. The van der Waals surface area contributed by atoms with Gasteiger partial charge in [-0.25, -0.2) is 4.79 Å². The number of nitrogens with one attached hydrogen (secondary N) is 1. The third kappa shape index (κ3) is 3.55. The summed E-state index contributed by atoms with van der Waals surface area (Å²) in [6.45, 7) is 0.709. The van der Waals surface area contributed by atoms with Crippen molar-refractivity contribution in [3.63, 3.8) is 0 Å². The number of benzene rings is 1. The Hall–Kier alpha value is -2.41. The second-order valence-corrected chi connectivity index (χ2v) is 4.42. The highest BCUT2D eigenvalue weighted by Gasteiger charge is 2.08. The minimum Gasteiger partial charge on any atom is -0.383 e. The van der Waals surface area contributed by atoms with E-state index in [1.165, 1.54) is 10.8 Å². The van der Waals surface area contributed by atoms with Crippen molar-refractivity contribution in [1.29, 1.82) is 0 Å². The number of halogens is 1. The molecule has 20 heavy (non-hydrogen) atoms. The largest absolute Gasteiger partial charge is 0.383 e. The normalized spacial score (nSPS) is 10.2. The van der Waals surface area contributed by atoms with Crippen LogP contribution < -0.4 is 11.0 Å². The number of hydrogen-bond donors (Lipinski definition) is 1. The molecule has 2 aromatic rings. The molecule has 1 N–H and O–H groups in total. The van der Waals surface area contributed by atoms with Crippen molar-refractivity contribution in [1.82, 2.24) is 9.55 Å². The van der Waals surface area contributed by atoms with Crippen molar-refractivity contribution in [3.8, 4) is 0 Å². The van der Waals surface area contributed by atoms with Crippen molar-refractivity contribution < 1.29 is 4.92 Å². The van der Waals surface area contributed by atoms with Crippen molar-refractivity contribution in [2.45, 2.75) is 6.54 Å². The molecule has 8 heteroatoms. The first-order valence-corrected chi connectivity index (χ1v) is 6.14. The van der Waals surface area contributed by atoms with Crippen LogP contribution in [0.15, 0.2) is 41.5 Å². The van der Waals surface area contributed by atoms with E-state index in [4.69, 9.17) is 11.6 Å². The Labute approximate surface area is 119 Å². The molecule has 0 aliphatic heterocycles. The highest BCUT2D eigenvalue weighted by Crippen LogP contribution is 2.13. The third-order valence-electron chi connectivity index (χ3n) is 2.58. The maximum atomic E-state index is 11.5. The van der Waals surface area contributed by atoms with Gasteiger partial charge in [0.05, 0.1) is 11.1 Å². The zero-order valence-corrected chi connectivity index (χ0v) is 11.1. The predicted octanol–water partition coefficient (Wildman–Crippen LogP) is 1.92. The van der Waals surface area contributed by atoms with Crippen LogP contribution in [-0.2, 0) is 6.54 Å². The number of nitro groups is 1. The molecule has 0 amide bonds. The lowest BCUT2D eigenvalue weighted by Gasteiger charge is -2.07. The molecule has 2 rings (SSSR count). The van der Waals surface area contributed by atoms with Crippen LogP contribution in [0.5, 0.6) is 0 Å². The van der Waals surface area contributed by atoms with E-state index in [0.717, 1.165) is 11.9 Å². The summed E-state index contributed by atoms with van der Waals surface area (Å²) in [6, 6.07) is 7.09. The topological polar surface area (TPSA) is 90.1 Å². The molecule has 1 aromatic carbocycles. The van der Waals surface area contributed by atoms with Gasteiger partial charge in [0, 0.05) is 23.8 Å². The molecule has 0 saturated carbocycles. The van der Waals surface area contributed by atoms with Gasteiger partial charge in [0.25, 0.3) is 0 Å². The molecular weight excluding hydrogens is 284 g/mol. The minimum atomic E-state index is -0.588. The van der Waals surface area contributed by atoms with Gasteiger partial charge in [-0.3, -0.25) is 14.7 Å². The van der Waals surface area contributed by atoms with E-state index in [9.17, 15) is 14.9 Å². The van der Waals surface area contributed by atoms with Crippen molar-refractivity contribution in [2.24, 2.45) is 0 Å². The van der Waals surface area contributed by atoms with Crippen molar-refractivity contribution in [3.05, 3.63) is 62.3 Å². The number of hydrogen-bond acceptors (Lipinski definition) is 5. The Balaban J connectivity index is 2.00. The van der Waals surface area contributed by atoms with E-state index in [0.29, 0.717) is 11.6 Å². The fraction of sp³-hybridized carbons (Fsp3) is 0.167. The van der Waals surface area contributed by atoms with E-state index < -0.39 is 10.6 Å². The molecule has 0 aliphatic rings. The van der Waals surface area contributed by atoms with Crippen LogP contribution in [0.2, 0.25) is 5.02 Å². The molecule has 0 saturated heterocycles. The summed E-state index contributed by atoms with van der Waals surface area (Å²) in [6.07, 6.45) is 2.13. The van der Waals surface area contributed by atoms with Gasteiger partial charge in [0.2, 0.25) is 0 Å². The maximum absolute atomic E-state index is 11.5. The van der Waals surface area contributed by atoms with Crippen LogP contribution in [-0.4, -0.2) is 21.0 Å². The highest BCUT2D eigenvalue weighted by molar-refractivity contribution is 6.30. The van der Waals surface area contributed by atoms with Gasteiger partial charge < -0.3 is 5.32 Å². The number of nitrogens with zero attached hydrogens (tertiary/aromatic N) is 3. The molecule has 0 unspecified atom stereocenters. The zero-order chi connectivity index (χ0) is 14.5. The number of rotatable bonds is 5. The van der Waals surface area contributed by atoms with Gasteiger partial charge in [-0.1, -0.05) is 11.6 Å². The molecule has 0 spiro atoms. The second-order valence-electron chi connectivity index (χ2n) is 3.98. The van der Waals surface area contributed by atoms with Crippen molar-refractivity contribution >= 4 is 23.0 Å². The maximum Gasteiger partial charge on any atom is 0.348 e. The fourth-order valence-corrected chi connectivity index (χ4v) is 1.71. The molecule has 7 nitrogen and oxygen atoms in total. The third-order valence-corrected chi connectivity index (χ3v) is 2.83. The molecule has 0 aliphatic carbocycles. The Morgan fingerprint density at radius 1 is 1.35 bits per heavy atom. The highest BCUT2D eigenvalue weighted by atomic mass is 35.5. The summed E-state index contributed by atoms with van der Waals surface area (Å²) in [5.74, 6) is 0. The number of aromatic nitrogens is 2. The van der Waals surface area contributed by atoms with Gasteiger partial charge in [-0.15, -0.1) is 0 Å². The molecule has 104 valence electrons. The van der Waals surface area contributed by atoms with Gasteiger partial charge in [-0.2, -0.15) is 4.98 Å². The Morgan fingerprint density at radius 3 is 2.70 bits per heavy atom. The Bertz CT molecular complexity index is 669. The predicted molar refractivity (Wildman–Crippen MR) is 75.1 cm³/mol. The van der Waals surface area contributed by atoms with E-state index in [2.05, 4.69) is 10.3 Å². The van der Waals surface area contributed by atoms with Gasteiger partial charge in [-0.05, 0) is 24.3 Å². The molecule has 0 radical (unpaired) electrons. The monoisotopic (exact) mass is 294 g/mol. The first kappa shape index (κ1) is 14.0. The lowest BCUT2D eigenvalue weighted by atomic mass is 10.3. The smallest absolute Gasteiger partial charge is 0.348 e. The standard InChI is InChI=1S/C12H11ClN4O3/c13-9-1-3-10(4-2-9)14-5-6-16-8-11(17(19)20)7-15-12(16)18/h1-4,7-8,14H,5-6H2. The molecule has 0 atom stereocenters. The van der Waals surface area contributed by atoms with Gasteiger partial charge in [0.15, 0.2) is 0 Å². The molecule has 1 aromatic heterocycles. The van der Waals surface area contributed by atoms with Gasteiger partial charge >= 0.3 is 11.4 Å². The van der Waals surface area contributed by atoms with E-state index in [-0.39, 0.29) is 12.2 Å². The van der Waals surface area contributed by atoms with Crippen molar-refractivity contribution in [2.75, 3.05) is 11.9 Å².